The molecule has 0 saturated heterocycles. The first-order chi connectivity index (χ1) is 10.5. The molecule has 114 valence electrons. The lowest BCUT2D eigenvalue weighted by atomic mass is 10.0. The first-order valence-corrected chi connectivity index (χ1v) is 7.85. The average molecular weight is 318 g/mol. The molecule has 6 heteroatoms. The first-order valence-electron chi connectivity index (χ1n) is 7.03. The monoisotopic (exact) mass is 318 g/mol. The predicted octanol–water partition coefficient (Wildman–Crippen LogP) is 3.48. The number of carbonyl (C=O) groups excluding carboxylic acids is 2. The molecule has 3 rings (SSSR count). The molecule has 0 fully saturated rings. The summed E-state index contributed by atoms with van der Waals surface area (Å²) in [6, 6.07) is 3.93. The molecule has 1 N–H and O–H groups in total. The van der Waals surface area contributed by atoms with Crippen LogP contribution < -0.4 is 5.32 Å². The maximum absolute atomic E-state index is 13.2. The van der Waals surface area contributed by atoms with Gasteiger partial charge in [-0.1, -0.05) is 11.3 Å². The zero-order valence-corrected chi connectivity index (χ0v) is 13.1. The summed E-state index contributed by atoms with van der Waals surface area (Å²) in [6.07, 6.45) is 0.780. The Labute approximate surface area is 131 Å². The van der Waals surface area contributed by atoms with Crippen LogP contribution in [-0.2, 0) is 9.59 Å². The van der Waals surface area contributed by atoms with E-state index in [0.717, 1.165) is 4.70 Å². The van der Waals surface area contributed by atoms with Crippen molar-refractivity contribution < 1.29 is 14.0 Å². The molecule has 1 aromatic carbocycles. The van der Waals surface area contributed by atoms with E-state index in [1.54, 1.807) is 19.9 Å². The van der Waals surface area contributed by atoms with Crippen molar-refractivity contribution in [3.8, 4) is 0 Å². The van der Waals surface area contributed by atoms with Gasteiger partial charge < -0.3 is 5.32 Å². The summed E-state index contributed by atoms with van der Waals surface area (Å²) in [6.45, 7) is 3.38. The Kier molecular flexibility index (Phi) is 3.78. The van der Waals surface area contributed by atoms with Crippen LogP contribution in [0, 0.1) is 5.82 Å². The van der Waals surface area contributed by atoms with E-state index in [4.69, 9.17) is 0 Å². The number of Topliss-reactive ketones (excluding diaryl/α,β-unsaturated/α-hetero) is 2. The third-order valence-corrected chi connectivity index (χ3v) is 4.92. The normalized spacial score (nSPS) is 19.7. The Morgan fingerprint density at radius 2 is 2.05 bits per heavy atom. The topological polar surface area (TPSA) is 59.1 Å². The van der Waals surface area contributed by atoms with Gasteiger partial charge in [0.25, 0.3) is 0 Å². The van der Waals surface area contributed by atoms with Crippen LogP contribution in [-0.4, -0.2) is 22.6 Å². The lowest BCUT2D eigenvalue weighted by Crippen LogP contribution is -2.29. The largest absolute Gasteiger partial charge is 0.351 e. The van der Waals surface area contributed by atoms with Gasteiger partial charge in [-0.3, -0.25) is 9.59 Å². The standard InChI is InChI=1S/C16H15FN2O2S/c1-8-9(2)15(21)12(5-6-13(8)20)19-16-18-11-4-3-10(17)7-14(11)22-16/h3-4,7,12H,5-6H2,1-2H3,(H,18,19). The zero-order valence-electron chi connectivity index (χ0n) is 12.3. The number of hydrogen-bond donors (Lipinski definition) is 1. The number of fused-ring (bicyclic) bond motifs is 1. The predicted molar refractivity (Wildman–Crippen MR) is 84.6 cm³/mol. The molecular formula is C16H15FN2O2S. The van der Waals surface area contributed by atoms with Crippen LogP contribution in [0.2, 0.25) is 0 Å². The molecule has 0 saturated carbocycles. The molecule has 1 aliphatic rings. The minimum atomic E-state index is -0.466. The van der Waals surface area contributed by atoms with Gasteiger partial charge in [-0.25, -0.2) is 9.37 Å². The van der Waals surface area contributed by atoms with Crippen molar-refractivity contribution in [2.45, 2.75) is 32.7 Å². The zero-order chi connectivity index (χ0) is 15.9. The Balaban J connectivity index is 1.88. The first kappa shape index (κ1) is 14.8. The van der Waals surface area contributed by atoms with Crippen molar-refractivity contribution >= 4 is 38.3 Å². The number of ketones is 2. The summed E-state index contributed by atoms with van der Waals surface area (Å²) in [4.78, 5) is 28.6. The Bertz CT molecular complexity index is 810. The van der Waals surface area contributed by atoms with E-state index in [1.807, 2.05) is 0 Å². The van der Waals surface area contributed by atoms with Crippen molar-refractivity contribution in [2.24, 2.45) is 0 Å². The molecule has 2 aromatic rings. The molecular weight excluding hydrogens is 303 g/mol. The van der Waals surface area contributed by atoms with Gasteiger partial charge in [-0.15, -0.1) is 0 Å². The summed E-state index contributed by atoms with van der Waals surface area (Å²) in [5, 5.41) is 3.67. The van der Waals surface area contributed by atoms with Gasteiger partial charge >= 0.3 is 0 Å². The van der Waals surface area contributed by atoms with E-state index in [2.05, 4.69) is 10.3 Å². The number of benzene rings is 1. The molecule has 1 unspecified atom stereocenters. The quantitative estimate of drug-likeness (QED) is 0.921. The summed E-state index contributed by atoms with van der Waals surface area (Å²) in [5.74, 6) is -0.372. The molecule has 1 heterocycles. The fourth-order valence-electron chi connectivity index (χ4n) is 2.50. The number of nitrogens with one attached hydrogen (secondary N) is 1. The highest BCUT2D eigenvalue weighted by Crippen LogP contribution is 2.29. The highest BCUT2D eigenvalue weighted by molar-refractivity contribution is 7.22. The van der Waals surface area contributed by atoms with Crippen LogP contribution in [0.1, 0.15) is 26.7 Å². The molecule has 0 aliphatic heterocycles. The maximum atomic E-state index is 13.2. The van der Waals surface area contributed by atoms with Crippen molar-refractivity contribution in [3.63, 3.8) is 0 Å². The van der Waals surface area contributed by atoms with Gasteiger partial charge in [0.05, 0.1) is 16.3 Å². The number of hydrogen-bond acceptors (Lipinski definition) is 5. The molecule has 1 aromatic heterocycles. The minimum absolute atomic E-state index is 0.0153. The number of nitrogens with zero attached hydrogens (tertiary/aromatic N) is 1. The second kappa shape index (κ2) is 5.61. The van der Waals surface area contributed by atoms with E-state index in [1.165, 1.54) is 23.5 Å². The van der Waals surface area contributed by atoms with Crippen LogP contribution in [0.4, 0.5) is 9.52 Å². The third-order valence-electron chi connectivity index (χ3n) is 3.98. The highest BCUT2D eigenvalue weighted by atomic mass is 32.1. The van der Waals surface area contributed by atoms with E-state index in [-0.39, 0.29) is 17.4 Å². The van der Waals surface area contributed by atoms with Gasteiger partial charge in [0.15, 0.2) is 16.7 Å². The van der Waals surface area contributed by atoms with Crippen molar-refractivity contribution in [3.05, 3.63) is 35.2 Å². The SMILES string of the molecule is CC1=C(C)C(=O)C(Nc2nc3ccc(F)cc3s2)CCC1=O. The van der Waals surface area contributed by atoms with Crippen LogP contribution in [0.3, 0.4) is 0 Å². The van der Waals surface area contributed by atoms with Gasteiger partial charge in [0.1, 0.15) is 5.82 Å². The van der Waals surface area contributed by atoms with Crippen LogP contribution in [0.25, 0.3) is 10.2 Å². The molecule has 0 spiro atoms. The number of rotatable bonds is 2. The smallest absolute Gasteiger partial charge is 0.184 e. The molecule has 4 nitrogen and oxygen atoms in total. The van der Waals surface area contributed by atoms with E-state index in [9.17, 15) is 14.0 Å². The number of carbonyl (C=O) groups is 2. The van der Waals surface area contributed by atoms with Crippen molar-refractivity contribution in [2.75, 3.05) is 5.32 Å². The maximum Gasteiger partial charge on any atom is 0.184 e. The molecule has 22 heavy (non-hydrogen) atoms. The Morgan fingerprint density at radius 3 is 2.82 bits per heavy atom. The van der Waals surface area contributed by atoms with Crippen molar-refractivity contribution in [1.82, 2.24) is 4.98 Å². The van der Waals surface area contributed by atoms with E-state index in [0.29, 0.717) is 34.6 Å². The van der Waals surface area contributed by atoms with Crippen LogP contribution in [0.5, 0.6) is 0 Å². The van der Waals surface area contributed by atoms with E-state index < -0.39 is 6.04 Å². The second-order valence-corrected chi connectivity index (χ2v) is 6.43. The van der Waals surface area contributed by atoms with Gasteiger partial charge in [-0.2, -0.15) is 0 Å². The second-order valence-electron chi connectivity index (χ2n) is 5.40. The fourth-order valence-corrected chi connectivity index (χ4v) is 3.44. The fraction of sp³-hybridized carbons (Fsp3) is 0.312. The number of aromatic nitrogens is 1. The number of allylic oxidation sites excluding steroid dienone is 1. The number of halogens is 1. The number of thiazole rings is 1. The van der Waals surface area contributed by atoms with Gasteiger partial charge in [-0.05, 0) is 44.0 Å². The van der Waals surface area contributed by atoms with Gasteiger partial charge in [0.2, 0.25) is 0 Å². The number of anilines is 1. The molecule has 0 radical (unpaired) electrons. The lowest BCUT2D eigenvalue weighted by Gasteiger charge is -2.14. The van der Waals surface area contributed by atoms with Crippen molar-refractivity contribution in [1.29, 1.82) is 0 Å². The molecule has 1 aliphatic carbocycles. The van der Waals surface area contributed by atoms with Gasteiger partial charge in [0, 0.05) is 12.0 Å². The highest BCUT2D eigenvalue weighted by Gasteiger charge is 2.28. The molecule has 1 atom stereocenters. The van der Waals surface area contributed by atoms with E-state index >= 15 is 0 Å². The summed E-state index contributed by atoms with van der Waals surface area (Å²) >= 11 is 1.30. The molecule has 0 bridgehead atoms. The minimum Gasteiger partial charge on any atom is -0.351 e. The lowest BCUT2D eigenvalue weighted by molar-refractivity contribution is -0.116. The Hall–Kier alpha value is -2.08. The summed E-state index contributed by atoms with van der Waals surface area (Å²) in [7, 11) is 0. The third kappa shape index (κ3) is 2.66. The molecule has 0 amide bonds. The summed E-state index contributed by atoms with van der Waals surface area (Å²) in [5.41, 5.74) is 1.74. The average Bonchev–Trinajstić information content (AvgIpc) is 2.86. The summed E-state index contributed by atoms with van der Waals surface area (Å²) < 4.78 is 13.9. The Morgan fingerprint density at radius 1 is 1.27 bits per heavy atom. The van der Waals surface area contributed by atoms with Crippen LogP contribution >= 0.6 is 11.3 Å². The van der Waals surface area contributed by atoms with Crippen LogP contribution in [0.15, 0.2) is 29.3 Å².